The first-order valence-corrected chi connectivity index (χ1v) is 5.13. The first-order valence-electron chi connectivity index (χ1n) is 5.13. The van der Waals surface area contributed by atoms with Crippen LogP contribution in [0.15, 0.2) is 30.9 Å². The lowest BCUT2D eigenvalue weighted by atomic mass is 10.1. The number of hydrogen-bond acceptors (Lipinski definition) is 3. The zero-order valence-corrected chi connectivity index (χ0v) is 8.96. The molecule has 0 aromatic carbocycles. The van der Waals surface area contributed by atoms with Gasteiger partial charge in [0.05, 0.1) is 0 Å². The Labute approximate surface area is 89.0 Å². The van der Waals surface area contributed by atoms with Gasteiger partial charge in [0.15, 0.2) is 5.82 Å². The zero-order valence-electron chi connectivity index (χ0n) is 8.96. The van der Waals surface area contributed by atoms with Crippen molar-refractivity contribution in [3.63, 3.8) is 0 Å². The van der Waals surface area contributed by atoms with Crippen molar-refractivity contribution in [3.05, 3.63) is 36.5 Å². The lowest BCUT2D eigenvalue weighted by molar-refractivity contribution is 0.698. The van der Waals surface area contributed by atoms with Crippen LogP contribution in [0, 0.1) is 0 Å². The standard InChI is InChI=1S/C11H14N4/c1-3-9(2)10-7-11(13-8-12-10)15-6-4-5-14-15/h4-9H,3H2,1-2H3. The maximum absolute atomic E-state index is 4.27. The predicted molar refractivity (Wildman–Crippen MR) is 57.9 cm³/mol. The molecule has 0 saturated heterocycles. The third-order valence-electron chi connectivity index (χ3n) is 2.53. The Bertz CT molecular complexity index is 422. The van der Waals surface area contributed by atoms with Crippen molar-refractivity contribution in [3.8, 4) is 5.82 Å². The molecule has 0 N–H and O–H groups in total. The summed E-state index contributed by atoms with van der Waals surface area (Å²) in [5, 5.41) is 4.14. The average molecular weight is 202 g/mol. The Balaban J connectivity index is 2.35. The molecule has 0 bridgehead atoms. The average Bonchev–Trinajstić information content (AvgIpc) is 2.82. The molecule has 2 rings (SSSR count). The second-order valence-electron chi connectivity index (χ2n) is 3.56. The molecule has 0 amide bonds. The molecule has 4 heteroatoms. The van der Waals surface area contributed by atoms with E-state index in [4.69, 9.17) is 0 Å². The Morgan fingerprint density at radius 3 is 2.93 bits per heavy atom. The lowest BCUT2D eigenvalue weighted by Crippen LogP contribution is -2.02. The molecule has 0 aliphatic heterocycles. The quantitative estimate of drug-likeness (QED) is 0.766. The fourth-order valence-corrected chi connectivity index (χ4v) is 1.37. The van der Waals surface area contributed by atoms with E-state index in [1.54, 1.807) is 17.2 Å². The number of aromatic nitrogens is 4. The first kappa shape index (κ1) is 9.83. The fraction of sp³-hybridized carbons (Fsp3) is 0.364. The van der Waals surface area contributed by atoms with Gasteiger partial charge in [0, 0.05) is 24.2 Å². The van der Waals surface area contributed by atoms with E-state index >= 15 is 0 Å². The van der Waals surface area contributed by atoms with Crippen LogP contribution >= 0.6 is 0 Å². The van der Waals surface area contributed by atoms with E-state index in [1.165, 1.54) is 0 Å². The van der Waals surface area contributed by atoms with E-state index in [0.29, 0.717) is 5.92 Å². The molecule has 2 aromatic heterocycles. The van der Waals surface area contributed by atoms with Crippen molar-refractivity contribution in [1.29, 1.82) is 0 Å². The van der Waals surface area contributed by atoms with Gasteiger partial charge in [-0.05, 0) is 18.4 Å². The molecule has 0 spiro atoms. The van der Waals surface area contributed by atoms with Crippen LogP contribution in [-0.4, -0.2) is 19.7 Å². The van der Waals surface area contributed by atoms with Crippen molar-refractivity contribution in [2.75, 3.05) is 0 Å². The van der Waals surface area contributed by atoms with Crippen LogP contribution in [0.3, 0.4) is 0 Å². The van der Waals surface area contributed by atoms with Crippen LogP contribution in [0.4, 0.5) is 0 Å². The Morgan fingerprint density at radius 2 is 2.27 bits per heavy atom. The molecule has 0 radical (unpaired) electrons. The minimum absolute atomic E-state index is 0.460. The summed E-state index contributed by atoms with van der Waals surface area (Å²) in [6, 6.07) is 3.87. The summed E-state index contributed by atoms with van der Waals surface area (Å²) in [6.45, 7) is 4.32. The highest BCUT2D eigenvalue weighted by Gasteiger charge is 2.06. The summed E-state index contributed by atoms with van der Waals surface area (Å²) in [5.41, 5.74) is 1.07. The van der Waals surface area contributed by atoms with Crippen LogP contribution in [0.2, 0.25) is 0 Å². The van der Waals surface area contributed by atoms with E-state index in [2.05, 4.69) is 28.9 Å². The Hall–Kier alpha value is -1.71. The molecule has 78 valence electrons. The molecule has 0 aliphatic rings. The fourth-order valence-electron chi connectivity index (χ4n) is 1.37. The normalized spacial score (nSPS) is 12.7. The lowest BCUT2D eigenvalue weighted by Gasteiger charge is -2.08. The van der Waals surface area contributed by atoms with Gasteiger partial charge in [-0.3, -0.25) is 0 Å². The van der Waals surface area contributed by atoms with Crippen LogP contribution in [0.25, 0.3) is 5.82 Å². The highest BCUT2D eigenvalue weighted by molar-refractivity contribution is 5.23. The van der Waals surface area contributed by atoms with E-state index in [1.807, 2.05) is 18.3 Å². The topological polar surface area (TPSA) is 43.6 Å². The Kier molecular flexibility index (Phi) is 2.76. The van der Waals surface area contributed by atoms with Gasteiger partial charge in [0.1, 0.15) is 6.33 Å². The molecule has 2 heterocycles. The van der Waals surface area contributed by atoms with Crippen molar-refractivity contribution in [1.82, 2.24) is 19.7 Å². The van der Waals surface area contributed by atoms with Crippen molar-refractivity contribution >= 4 is 0 Å². The van der Waals surface area contributed by atoms with Crippen LogP contribution in [0.5, 0.6) is 0 Å². The number of rotatable bonds is 3. The molecule has 0 saturated carbocycles. The van der Waals surface area contributed by atoms with Crippen LogP contribution in [-0.2, 0) is 0 Å². The summed E-state index contributed by atoms with van der Waals surface area (Å²) < 4.78 is 1.74. The molecular weight excluding hydrogens is 188 g/mol. The molecule has 0 aliphatic carbocycles. The first-order chi connectivity index (χ1) is 7.31. The summed E-state index contributed by atoms with van der Waals surface area (Å²) in [4.78, 5) is 8.46. The van der Waals surface area contributed by atoms with Gasteiger partial charge >= 0.3 is 0 Å². The number of hydrogen-bond donors (Lipinski definition) is 0. The van der Waals surface area contributed by atoms with Crippen LogP contribution in [0.1, 0.15) is 31.9 Å². The van der Waals surface area contributed by atoms with Gasteiger partial charge in [-0.15, -0.1) is 0 Å². The minimum Gasteiger partial charge on any atom is -0.241 e. The van der Waals surface area contributed by atoms with Gasteiger partial charge in [0.2, 0.25) is 0 Å². The molecule has 0 fully saturated rings. The van der Waals surface area contributed by atoms with Crippen LogP contribution < -0.4 is 0 Å². The van der Waals surface area contributed by atoms with Crippen molar-refractivity contribution in [2.45, 2.75) is 26.2 Å². The third-order valence-corrected chi connectivity index (χ3v) is 2.53. The smallest absolute Gasteiger partial charge is 0.156 e. The second-order valence-corrected chi connectivity index (χ2v) is 3.56. The van der Waals surface area contributed by atoms with E-state index in [9.17, 15) is 0 Å². The summed E-state index contributed by atoms with van der Waals surface area (Å²) >= 11 is 0. The van der Waals surface area contributed by atoms with Gasteiger partial charge in [-0.1, -0.05) is 13.8 Å². The highest BCUT2D eigenvalue weighted by atomic mass is 15.3. The van der Waals surface area contributed by atoms with Gasteiger partial charge < -0.3 is 0 Å². The maximum atomic E-state index is 4.27. The molecule has 1 atom stereocenters. The Morgan fingerprint density at radius 1 is 1.40 bits per heavy atom. The van der Waals surface area contributed by atoms with E-state index < -0.39 is 0 Å². The highest BCUT2D eigenvalue weighted by Crippen LogP contribution is 2.16. The van der Waals surface area contributed by atoms with Crippen molar-refractivity contribution in [2.24, 2.45) is 0 Å². The van der Waals surface area contributed by atoms with E-state index in [-0.39, 0.29) is 0 Å². The van der Waals surface area contributed by atoms with Gasteiger partial charge in [-0.25, -0.2) is 14.6 Å². The maximum Gasteiger partial charge on any atom is 0.156 e. The largest absolute Gasteiger partial charge is 0.241 e. The summed E-state index contributed by atoms with van der Waals surface area (Å²) in [5.74, 6) is 1.28. The van der Waals surface area contributed by atoms with Crippen molar-refractivity contribution < 1.29 is 0 Å². The number of nitrogens with zero attached hydrogens (tertiary/aromatic N) is 4. The van der Waals surface area contributed by atoms with Gasteiger partial charge in [-0.2, -0.15) is 5.10 Å². The molecule has 4 nitrogen and oxygen atoms in total. The molecule has 1 unspecified atom stereocenters. The summed E-state index contributed by atoms with van der Waals surface area (Å²) in [7, 11) is 0. The summed E-state index contributed by atoms with van der Waals surface area (Å²) in [6.07, 6.45) is 6.29. The zero-order chi connectivity index (χ0) is 10.7. The molecule has 2 aromatic rings. The third kappa shape index (κ3) is 2.03. The minimum atomic E-state index is 0.460. The molecule has 15 heavy (non-hydrogen) atoms. The second kappa shape index (κ2) is 4.21. The monoisotopic (exact) mass is 202 g/mol. The van der Waals surface area contributed by atoms with Gasteiger partial charge in [0.25, 0.3) is 0 Å². The molecular formula is C11H14N4. The van der Waals surface area contributed by atoms with E-state index in [0.717, 1.165) is 17.9 Å². The SMILES string of the molecule is CCC(C)c1cc(-n2cccn2)ncn1. The predicted octanol–water partition coefficient (Wildman–Crippen LogP) is 2.18.